The first kappa shape index (κ1) is 13.7. The van der Waals surface area contributed by atoms with E-state index in [2.05, 4.69) is 21.2 Å². The second kappa shape index (κ2) is 5.48. The van der Waals surface area contributed by atoms with Crippen molar-refractivity contribution in [2.75, 3.05) is 5.32 Å². The van der Waals surface area contributed by atoms with Gasteiger partial charge in [-0.15, -0.1) is 0 Å². The van der Waals surface area contributed by atoms with Gasteiger partial charge in [0.1, 0.15) is 11.6 Å². The van der Waals surface area contributed by atoms with Gasteiger partial charge in [-0.25, -0.2) is 8.78 Å². The second-order valence-corrected chi connectivity index (χ2v) is 4.98. The predicted molar refractivity (Wildman–Crippen MR) is 73.2 cm³/mol. The fourth-order valence-corrected chi connectivity index (χ4v) is 1.96. The number of aryl methyl sites for hydroxylation is 1. The number of amides is 1. The minimum Gasteiger partial charge on any atom is -0.319 e. The predicted octanol–water partition coefficient (Wildman–Crippen LogP) is 4.29. The van der Waals surface area contributed by atoms with E-state index < -0.39 is 17.5 Å². The molecule has 0 heterocycles. The average molecular weight is 326 g/mol. The lowest BCUT2D eigenvalue weighted by molar-refractivity contribution is 0.102. The van der Waals surface area contributed by atoms with Crippen molar-refractivity contribution in [3.63, 3.8) is 0 Å². The van der Waals surface area contributed by atoms with Gasteiger partial charge in [0, 0.05) is 4.47 Å². The number of rotatable bonds is 2. The van der Waals surface area contributed by atoms with Gasteiger partial charge >= 0.3 is 0 Å². The van der Waals surface area contributed by atoms with Crippen LogP contribution in [0.2, 0.25) is 0 Å². The number of anilines is 1. The Kier molecular flexibility index (Phi) is 3.95. The molecule has 0 aliphatic carbocycles. The van der Waals surface area contributed by atoms with Crippen LogP contribution in [0.5, 0.6) is 0 Å². The summed E-state index contributed by atoms with van der Waals surface area (Å²) >= 11 is 3.16. The maximum atomic E-state index is 13.5. The summed E-state index contributed by atoms with van der Waals surface area (Å²) in [6.07, 6.45) is 0. The van der Waals surface area contributed by atoms with E-state index in [0.717, 1.165) is 5.56 Å². The third-order valence-electron chi connectivity index (χ3n) is 2.54. The zero-order valence-corrected chi connectivity index (χ0v) is 11.6. The third-order valence-corrected chi connectivity index (χ3v) is 3.04. The molecule has 2 aromatic rings. The highest BCUT2D eigenvalue weighted by Crippen LogP contribution is 2.19. The molecule has 0 unspecified atom stereocenters. The Labute approximate surface area is 117 Å². The molecular weight excluding hydrogens is 316 g/mol. The summed E-state index contributed by atoms with van der Waals surface area (Å²) in [5.41, 5.74) is 0.686. The number of halogens is 3. The van der Waals surface area contributed by atoms with Gasteiger partial charge in [-0.1, -0.05) is 22.0 Å². The number of nitrogens with one attached hydrogen (secondary N) is 1. The van der Waals surface area contributed by atoms with E-state index >= 15 is 0 Å². The molecule has 0 spiro atoms. The monoisotopic (exact) mass is 325 g/mol. The number of hydrogen-bond donors (Lipinski definition) is 1. The van der Waals surface area contributed by atoms with Crippen LogP contribution in [0.3, 0.4) is 0 Å². The van der Waals surface area contributed by atoms with Crippen LogP contribution >= 0.6 is 15.9 Å². The molecule has 0 aliphatic heterocycles. The van der Waals surface area contributed by atoms with Gasteiger partial charge in [0.2, 0.25) is 0 Å². The zero-order chi connectivity index (χ0) is 14.0. The molecule has 98 valence electrons. The highest BCUT2D eigenvalue weighted by atomic mass is 79.9. The molecule has 1 N–H and O–H groups in total. The first-order valence-corrected chi connectivity index (χ1v) is 6.29. The van der Waals surface area contributed by atoms with E-state index in [4.69, 9.17) is 0 Å². The molecule has 0 radical (unpaired) electrons. The van der Waals surface area contributed by atoms with Crippen molar-refractivity contribution < 1.29 is 13.6 Å². The van der Waals surface area contributed by atoms with Crippen LogP contribution < -0.4 is 5.32 Å². The van der Waals surface area contributed by atoms with Crippen LogP contribution in [0, 0.1) is 18.6 Å². The summed E-state index contributed by atoms with van der Waals surface area (Å²) in [6, 6.07) is 8.33. The Morgan fingerprint density at radius 1 is 1.11 bits per heavy atom. The Morgan fingerprint density at radius 3 is 2.53 bits per heavy atom. The first-order valence-electron chi connectivity index (χ1n) is 5.50. The molecule has 0 aromatic heterocycles. The molecule has 1 amide bonds. The summed E-state index contributed by atoms with van der Waals surface area (Å²) in [7, 11) is 0. The van der Waals surface area contributed by atoms with Crippen LogP contribution in [0.4, 0.5) is 14.5 Å². The molecule has 0 aliphatic rings. The van der Waals surface area contributed by atoms with Crippen LogP contribution in [-0.4, -0.2) is 5.91 Å². The molecule has 5 heteroatoms. The molecule has 0 atom stereocenters. The van der Waals surface area contributed by atoms with Crippen molar-refractivity contribution in [3.8, 4) is 0 Å². The lowest BCUT2D eigenvalue weighted by Crippen LogP contribution is -2.14. The first-order chi connectivity index (χ1) is 8.97. The SMILES string of the molecule is Cc1ccc(F)c(NC(=O)c2cc(Br)ccc2F)c1. The minimum atomic E-state index is -0.691. The van der Waals surface area contributed by atoms with Gasteiger partial charge < -0.3 is 5.32 Å². The molecular formula is C14H10BrF2NO. The molecule has 0 saturated carbocycles. The fraction of sp³-hybridized carbons (Fsp3) is 0.0714. The molecule has 2 aromatic carbocycles. The van der Waals surface area contributed by atoms with Gasteiger partial charge in [-0.3, -0.25) is 4.79 Å². The van der Waals surface area contributed by atoms with Crippen molar-refractivity contribution in [2.24, 2.45) is 0 Å². The summed E-state index contributed by atoms with van der Waals surface area (Å²) in [5, 5.41) is 2.36. The van der Waals surface area contributed by atoms with Gasteiger partial charge in [-0.2, -0.15) is 0 Å². The molecule has 0 saturated heterocycles. The zero-order valence-electron chi connectivity index (χ0n) is 10.0. The minimum absolute atomic E-state index is 0.0318. The normalized spacial score (nSPS) is 10.3. The number of hydrogen-bond acceptors (Lipinski definition) is 1. The van der Waals surface area contributed by atoms with Crippen molar-refractivity contribution in [3.05, 3.63) is 63.6 Å². The lowest BCUT2D eigenvalue weighted by atomic mass is 10.1. The van der Waals surface area contributed by atoms with Gasteiger partial charge in [0.15, 0.2) is 0 Å². The van der Waals surface area contributed by atoms with Crippen molar-refractivity contribution in [1.29, 1.82) is 0 Å². The standard InChI is InChI=1S/C14H10BrF2NO/c1-8-2-4-12(17)13(6-8)18-14(19)10-7-9(15)3-5-11(10)16/h2-7H,1H3,(H,18,19). The summed E-state index contributed by atoms with van der Waals surface area (Å²) < 4.78 is 27.6. The van der Waals surface area contributed by atoms with E-state index in [1.807, 2.05) is 0 Å². The maximum Gasteiger partial charge on any atom is 0.258 e. The number of carbonyl (C=O) groups is 1. The Hall–Kier alpha value is -1.75. The van der Waals surface area contributed by atoms with E-state index in [0.29, 0.717) is 4.47 Å². The molecule has 2 rings (SSSR count). The molecule has 0 bridgehead atoms. The van der Waals surface area contributed by atoms with E-state index in [-0.39, 0.29) is 11.3 Å². The smallest absolute Gasteiger partial charge is 0.258 e. The summed E-state index contributed by atoms with van der Waals surface area (Å²) in [4.78, 5) is 11.9. The highest BCUT2D eigenvalue weighted by Gasteiger charge is 2.14. The summed E-state index contributed by atoms with van der Waals surface area (Å²) in [5.74, 6) is -1.91. The molecule has 0 fully saturated rings. The molecule has 2 nitrogen and oxygen atoms in total. The Bertz CT molecular complexity index is 643. The Morgan fingerprint density at radius 2 is 1.79 bits per heavy atom. The number of carbonyl (C=O) groups excluding carboxylic acids is 1. The van der Waals surface area contributed by atoms with Crippen LogP contribution in [-0.2, 0) is 0 Å². The van der Waals surface area contributed by atoms with Gasteiger partial charge in [0.05, 0.1) is 11.3 Å². The quantitative estimate of drug-likeness (QED) is 0.876. The maximum absolute atomic E-state index is 13.5. The van der Waals surface area contributed by atoms with Crippen molar-refractivity contribution >= 4 is 27.5 Å². The van der Waals surface area contributed by atoms with Crippen LogP contribution in [0.25, 0.3) is 0 Å². The summed E-state index contributed by atoms with van der Waals surface area (Å²) in [6.45, 7) is 1.77. The average Bonchev–Trinajstić information content (AvgIpc) is 2.36. The topological polar surface area (TPSA) is 29.1 Å². The lowest BCUT2D eigenvalue weighted by Gasteiger charge is -2.08. The van der Waals surface area contributed by atoms with E-state index in [9.17, 15) is 13.6 Å². The van der Waals surface area contributed by atoms with Crippen molar-refractivity contribution in [1.82, 2.24) is 0 Å². The fourth-order valence-electron chi connectivity index (χ4n) is 1.60. The van der Waals surface area contributed by atoms with Crippen molar-refractivity contribution in [2.45, 2.75) is 6.92 Å². The van der Waals surface area contributed by atoms with Gasteiger partial charge in [-0.05, 0) is 42.8 Å². The van der Waals surface area contributed by atoms with Gasteiger partial charge in [0.25, 0.3) is 5.91 Å². The molecule has 19 heavy (non-hydrogen) atoms. The second-order valence-electron chi connectivity index (χ2n) is 4.06. The van der Waals surface area contributed by atoms with Crippen LogP contribution in [0.15, 0.2) is 40.9 Å². The van der Waals surface area contributed by atoms with Crippen LogP contribution in [0.1, 0.15) is 15.9 Å². The highest BCUT2D eigenvalue weighted by molar-refractivity contribution is 9.10. The number of benzene rings is 2. The van der Waals surface area contributed by atoms with E-state index in [1.165, 1.54) is 30.3 Å². The largest absolute Gasteiger partial charge is 0.319 e. The third kappa shape index (κ3) is 3.17. The van der Waals surface area contributed by atoms with E-state index in [1.54, 1.807) is 13.0 Å². The Balaban J connectivity index is 2.30.